The highest BCUT2D eigenvalue weighted by Gasteiger charge is 2.10. The Labute approximate surface area is 92.4 Å². The molecule has 0 spiro atoms. The van der Waals surface area contributed by atoms with Gasteiger partial charge in [0.1, 0.15) is 11.5 Å². The molecule has 0 saturated carbocycles. The topological polar surface area (TPSA) is 26.3 Å². The minimum atomic E-state index is 0.132. The molecule has 0 aliphatic rings. The maximum atomic E-state index is 11.0. The van der Waals surface area contributed by atoms with Crippen molar-refractivity contribution in [2.45, 2.75) is 20.3 Å². The molecule has 76 valence electrons. The zero-order chi connectivity index (χ0) is 10.7. The highest BCUT2D eigenvalue weighted by Crippen LogP contribution is 2.29. The first-order valence-corrected chi connectivity index (χ1v) is 5.16. The summed E-state index contributed by atoms with van der Waals surface area (Å²) in [6, 6.07) is 3.92. The van der Waals surface area contributed by atoms with Gasteiger partial charge < -0.3 is 4.74 Å². The van der Waals surface area contributed by atoms with Crippen LogP contribution in [-0.2, 0) is 11.2 Å². The molecule has 14 heavy (non-hydrogen) atoms. The van der Waals surface area contributed by atoms with Crippen molar-refractivity contribution >= 4 is 21.7 Å². The zero-order valence-electron chi connectivity index (χ0n) is 8.56. The number of aryl methyl sites for hydroxylation is 1. The minimum Gasteiger partial charge on any atom is -0.496 e. The summed E-state index contributed by atoms with van der Waals surface area (Å²) in [4.78, 5) is 11.0. The number of halogens is 1. The zero-order valence-corrected chi connectivity index (χ0v) is 10.1. The van der Waals surface area contributed by atoms with E-state index in [4.69, 9.17) is 4.74 Å². The van der Waals surface area contributed by atoms with Crippen molar-refractivity contribution in [3.05, 3.63) is 27.7 Å². The lowest BCUT2D eigenvalue weighted by atomic mass is 10.1. The van der Waals surface area contributed by atoms with Crippen molar-refractivity contribution in [1.29, 1.82) is 0 Å². The molecule has 1 aromatic carbocycles. The standard InChI is InChI=1S/C11H13BrO2/c1-7-4-10(12)9(6-8(2)13)11(5-7)14-3/h4-5H,6H2,1-3H3. The minimum absolute atomic E-state index is 0.132. The van der Waals surface area contributed by atoms with Gasteiger partial charge in [0.25, 0.3) is 0 Å². The van der Waals surface area contributed by atoms with Crippen LogP contribution in [-0.4, -0.2) is 12.9 Å². The van der Waals surface area contributed by atoms with Gasteiger partial charge in [-0.1, -0.05) is 15.9 Å². The lowest BCUT2D eigenvalue weighted by Gasteiger charge is -2.10. The molecule has 3 heteroatoms. The van der Waals surface area contributed by atoms with E-state index >= 15 is 0 Å². The molecule has 0 saturated heterocycles. The predicted molar refractivity (Wildman–Crippen MR) is 59.8 cm³/mol. The van der Waals surface area contributed by atoms with Gasteiger partial charge in [-0.2, -0.15) is 0 Å². The van der Waals surface area contributed by atoms with Gasteiger partial charge in [-0.15, -0.1) is 0 Å². The van der Waals surface area contributed by atoms with E-state index in [-0.39, 0.29) is 5.78 Å². The molecule has 0 aromatic heterocycles. The molecule has 0 atom stereocenters. The highest BCUT2D eigenvalue weighted by molar-refractivity contribution is 9.10. The van der Waals surface area contributed by atoms with Crippen LogP contribution in [0.5, 0.6) is 5.75 Å². The molecule has 1 aromatic rings. The number of ketones is 1. The Morgan fingerprint density at radius 2 is 2.14 bits per heavy atom. The van der Waals surface area contributed by atoms with Crippen molar-refractivity contribution < 1.29 is 9.53 Å². The number of Topliss-reactive ketones (excluding diaryl/α,β-unsaturated/α-hetero) is 1. The summed E-state index contributed by atoms with van der Waals surface area (Å²) in [6.07, 6.45) is 0.407. The van der Waals surface area contributed by atoms with Crippen LogP contribution < -0.4 is 4.74 Å². The van der Waals surface area contributed by atoms with Gasteiger partial charge in [0.05, 0.1) is 7.11 Å². The fourth-order valence-corrected chi connectivity index (χ4v) is 2.04. The predicted octanol–water partition coefficient (Wildman–Crippen LogP) is 2.90. The summed E-state index contributed by atoms with van der Waals surface area (Å²) in [6.45, 7) is 3.57. The first-order chi connectivity index (χ1) is 6.54. The number of carbonyl (C=O) groups is 1. The molecule has 0 amide bonds. The maximum Gasteiger partial charge on any atom is 0.134 e. The van der Waals surface area contributed by atoms with Crippen molar-refractivity contribution in [3.8, 4) is 5.75 Å². The second-order valence-electron chi connectivity index (χ2n) is 3.31. The molecule has 0 radical (unpaired) electrons. The SMILES string of the molecule is COc1cc(C)cc(Br)c1CC(C)=O. The van der Waals surface area contributed by atoms with Crippen LogP contribution in [0.2, 0.25) is 0 Å². The number of ether oxygens (including phenoxy) is 1. The summed E-state index contributed by atoms with van der Waals surface area (Å²) < 4.78 is 6.16. The Kier molecular flexibility index (Phi) is 3.69. The third-order valence-corrected chi connectivity index (χ3v) is 2.65. The highest BCUT2D eigenvalue weighted by atomic mass is 79.9. The van der Waals surface area contributed by atoms with E-state index < -0.39 is 0 Å². The van der Waals surface area contributed by atoms with Crippen LogP contribution in [0.25, 0.3) is 0 Å². The third kappa shape index (κ3) is 2.58. The van der Waals surface area contributed by atoms with Gasteiger partial charge in [-0.05, 0) is 31.5 Å². The molecule has 2 nitrogen and oxygen atoms in total. The largest absolute Gasteiger partial charge is 0.496 e. The van der Waals surface area contributed by atoms with Gasteiger partial charge >= 0.3 is 0 Å². The van der Waals surface area contributed by atoms with Gasteiger partial charge in [0, 0.05) is 16.5 Å². The van der Waals surface area contributed by atoms with Gasteiger partial charge in [-0.3, -0.25) is 4.79 Å². The van der Waals surface area contributed by atoms with Crippen LogP contribution in [0.3, 0.4) is 0 Å². The van der Waals surface area contributed by atoms with Crippen molar-refractivity contribution in [2.24, 2.45) is 0 Å². The van der Waals surface area contributed by atoms with Gasteiger partial charge in [0.15, 0.2) is 0 Å². The van der Waals surface area contributed by atoms with Crippen molar-refractivity contribution in [2.75, 3.05) is 7.11 Å². The Morgan fingerprint density at radius 3 is 2.64 bits per heavy atom. The first-order valence-electron chi connectivity index (χ1n) is 4.37. The number of carbonyl (C=O) groups excluding carboxylic acids is 1. The summed E-state index contributed by atoms with van der Waals surface area (Å²) in [5.74, 6) is 0.903. The number of rotatable bonds is 3. The van der Waals surface area contributed by atoms with Crippen LogP contribution in [0.15, 0.2) is 16.6 Å². The molecule has 0 unspecified atom stereocenters. The average molecular weight is 257 g/mol. The van der Waals surface area contributed by atoms with E-state index in [0.717, 1.165) is 21.3 Å². The Balaban J connectivity index is 3.18. The first kappa shape index (κ1) is 11.2. The fourth-order valence-electron chi connectivity index (χ4n) is 1.34. The Bertz CT molecular complexity index is 359. The van der Waals surface area contributed by atoms with E-state index in [2.05, 4.69) is 15.9 Å². The van der Waals surface area contributed by atoms with Crippen molar-refractivity contribution in [3.63, 3.8) is 0 Å². The molecule has 0 fully saturated rings. The monoisotopic (exact) mass is 256 g/mol. The Morgan fingerprint density at radius 1 is 1.50 bits per heavy atom. The third-order valence-electron chi connectivity index (χ3n) is 1.94. The maximum absolute atomic E-state index is 11.0. The number of benzene rings is 1. The second kappa shape index (κ2) is 4.60. The lowest BCUT2D eigenvalue weighted by Crippen LogP contribution is -2.01. The van der Waals surface area contributed by atoms with E-state index in [9.17, 15) is 4.79 Å². The second-order valence-corrected chi connectivity index (χ2v) is 4.16. The smallest absolute Gasteiger partial charge is 0.134 e. The van der Waals surface area contributed by atoms with E-state index in [1.54, 1.807) is 14.0 Å². The normalized spacial score (nSPS) is 10.0. The molecular weight excluding hydrogens is 244 g/mol. The van der Waals surface area contributed by atoms with Gasteiger partial charge in [-0.25, -0.2) is 0 Å². The van der Waals surface area contributed by atoms with Crippen molar-refractivity contribution in [1.82, 2.24) is 0 Å². The number of hydrogen-bond donors (Lipinski definition) is 0. The average Bonchev–Trinajstić information content (AvgIpc) is 2.08. The molecule has 0 bridgehead atoms. The Hall–Kier alpha value is -0.830. The molecule has 1 rings (SSSR count). The van der Waals surface area contributed by atoms with Crippen LogP contribution in [0, 0.1) is 6.92 Å². The molecule has 0 aliphatic carbocycles. The number of methoxy groups -OCH3 is 1. The molecular formula is C11H13BrO2. The van der Waals surface area contributed by atoms with E-state index in [1.807, 2.05) is 19.1 Å². The number of hydrogen-bond acceptors (Lipinski definition) is 2. The molecule has 0 N–H and O–H groups in total. The van der Waals surface area contributed by atoms with Crippen LogP contribution in [0.1, 0.15) is 18.1 Å². The summed E-state index contributed by atoms with van der Waals surface area (Å²) >= 11 is 3.44. The van der Waals surface area contributed by atoms with E-state index in [1.165, 1.54) is 0 Å². The molecule has 0 heterocycles. The summed E-state index contributed by atoms with van der Waals surface area (Å²) in [5.41, 5.74) is 2.03. The van der Waals surface area contributed by atoms with E-state index in [0.29, 0.717) is 6.42 Å². The quantitative estimate of drug-likeness (QED) is 0.832. The lowest BCUT2D eigenvalue weighted by molar-refractivity contribution is -0.116. The summed E-state index contributed by atoms with van der Waals surface area (Å²) in [7, 11) is 1.62. The van der Waals surface area contributed by atoms with Crippen LogP contribution >= 0.6 is 15.9 Å². The van der Waals surface area contributed by atoms with Gasteiger partial charge in [0.2, 0.25) is 0 Å². The molecule has 0 aliphatic heterocycles. The fraction of sp³-hybridized carbons (Fsp3) is 0.364. The van der Waals surface area contributed by atoms with Crippen LogP contribution in [0.4, 0.5) is 0 Å². The summed E-state index contributed by atoms with van der Waals surface area (Å²) in [5, 5.41) is 0.